The summed E-state index contributed by atoms with van der Waals surface area (Å²) in [5, 5.41) is 12.8. The first-order valence-corrected chi connectivity index (χ1v) is 10.5. The van der Waals surface area contributed by atoms with E-state index in [0.29, 0.717) is 48.9 Å². The van der Waals surface area contributed by atoms with E-state index in [0.717, 1.165) is 15.3 Å². The predicted molar refractivity (Wildman–Crippen MR) is 119 cm³/mol. The van der Waals surface area contributed by atoms with Crippen LogP contribution in [0.2, 0.25) is 0 Å². The fourth-order valence-corrected chi connectivity index (χ4v) is 4.45. The van der Waals surface area contributed by atoms with E-state index in [4.69, 9.17) is 14.6 Å². The zero-order chi connectivity index (χ0) is 22.0. The molecular weight excluding hydrogens is 420 g/mol. The highest BCUT2D eigenvalue weighted by Crippen LogP contribution is 2.32. The van der Waals surface area contributed by atoms with E-state index in [-0.39, 0.29) is 5.91 Å². The molecule has 2 N–H and O–H groups in total. The number of aromatic nitrogens is 1. The van der Waals surface area contributed by atoms with Gasteiger partial charge in [-0.25, -0.2) is 9.78 Å². The Kier molecular flexibility index (Phi) is 5.81. The molecule has 0 spiro atoms. The summed E-state index contributed by atoms with van der Waals surface area (Å²) >= 11 is 1.49. The number of fused-ring (bicyclic) bond motifs is 1. The van der Waals surface area contributed by atoms with Crippen LogP contribution in [0.3, 0.4) is 0 Å². The van der Waals surface area contributed by atoms with Crippen LogP contribution in [0.1, 0.15) is 10.4 Å². The van der Waals surface area contributed by atoms with Crippen molar-refractivity contribution in [3.05, 3.63) is 42.0 Å². The first kappa shape index (κ1) is 20.7. The van der Waals surface area contributed by atoms with Gasteiger partial charge in [0.05, 0.1) is 24.4 Å². The van der Waals surface area contributed by atoms with Crippen LogP contribution in [-0.2, 0) is 0 Å². The molecule has 1 aliphatic heterocycles. The van der Waals surface area contributed by atoms with E-state index in [1.54, 1.807) is 38.5 Å². The van der Waals surface area contributed by atoms with Gasteiger partial charge in [-0.3, -0.25) is 4.79 Å². The third-order valence-corrected chi connectivity index (χ3v) is 6.18. The zero-order valence-electron chi connectivity index (χ0n) is 17.1. The molecule has 2 heterocycles. The van der Waals surface area contributed by atoms with Gasteiger partial charge in [-0.1, -0.05) is 11.3 Å². The van der Waals surface area contributed by atoms with Gasteiger partial charge in [0.1, 0.15) is 0 Å². The SMILES string of the molecule is COc1ccc(NC(=O)c2ccc3nc(N4CCN(C(=O)O)CC4)sc3c2)cc1OC. The average molecular weight is 442 g/mol. The number of ether oxygens (including phenoxy) is 2. The Morgan fingerprint density at radius 1 is 1.03 bits per heavy atom. The van der Waals surface area contributed by atoms with Crippen LogP contribution in [0.5, 0.6) is 11.5 Å². The second-order valence-electron chi connectivity index (χ2n) is 6.96. The first-order chi connectivity index (χ1) is 15.0. The molecule has 162 valence electrons. The maximum absolute atomic E-state index is 12.7. The monoisotopic (exact) mass is 442 g/mol. The van der Waals surface area contributed by atoms with E-state index >= 15 is 0 Å². The van der Waals surface area contributed by atoms with E-state index in [1.165, 1.54) is 16.2 Å². The van der Waals surface area contributed by atoms with Gasteiger partial charge in [0.2, 0.25) is 0 Å². The molecule has 0 unspecified atom stereocenters. The molecule has 1 saturated heterocycles. The minimum absolute atomic E-state index is 0.237. The van der Waals surface area contributed by atoms with E-state index in [9.17, 15) is 9.59 Å². The van der Waals surface area contributed by atoms with Crippen molar-refractivity contribution in [3.63, 3.8) is 0 Å². The Hall–Kier alpha value is -3.53. The number of nitrogens with one attached hydrogen (secondary N) is 1. The average Bonchev–Trinajstić information content (AvgIpc) is 3.22. The van der Waals surface area contributed by atoms with Gasteiger partial charge in [-0.15, -0.1) is 0 Å². The van der Waals surface area contributed by atoms with Gasteiger partial charge in [0.25, 0.3) is 5.91 Å². The number of benzene rings is 2. The Labute approximate surface area is 182 Å². The molecule has 2 amide bonds. The van der Waals surface area contributed by atoms with Crippen LogP contribution in [0, 0.1) is 0 Å². The van der Waals surface area contributed by atoms with Crippen LogP contribution in [0.25, 0.3) is 10.2 Å². The lowest BCUT2D eigenvalue weighted by Crippen LogP contribution is -2.48. The number of piperazine rings is 1. The highest BCUT2D eigenvalue weighted by Gasteiger charge is 2.22. The lowest BCUT2D eigenvalue weighted by Gasteiger charge is -2.32. The molecule has 9 nitrogen and oxygen atoms in total. The number of carboxylic acid groups (broad SMARTS) is 1. The van der Waals surface area contributed by atoms with Crippen LogP contribution in [-0.4, -0.2) is 67.4 Å². The number of thiazole rings is 1. The number of rotatable bonds is 5. The molecule has 0 aliphatic carbocycles. The number of methoxy groups -OCH3 is 2. The highest BCUT2D eigenvalue weighted by atomic mass is 32.1. The third-order valence-electron chi connectivity index (χ3n) is 5.10. The Bertz CT molecular complexity index is 1120. The van der Waals surface area contributed by atoms with Crippen molar-refractivity contribution in [2.24, 2.45) is 0 Å². The summed E-state index contributed by atoms with van der Waals surface area (Å²) < 4.78 is 11.4. The molecule has 0 saturated carbocycles. The van der Waals surface area contributed by atoms with E-state index < -0.39 is 6.09 Å². The summed E-state index contributed by atoms with van der Waals surface area (Å²) in [6.45, 7) is 2.09. The lowest BCUT2D eigenvalue weighted by molar-refractivity contribution is 0.102. The summed E-state index contributed by atoms with van der Waals surface area (Å²) in [5.41, 5.74) is 1.93. The summed E-state index contributed by atoms with van der Waals surface area (Å²) in [7, 11) is 3.10. The fourth-order valence-electron chi connectivity index (χ4n) is 3.40. The van der Waals surface area contributed by atoms with Crippen molar-refractivity contribution >= 4 is 44.4 Å². The maximum atomic E-state index is 12.7. The molecule has 0 atom stereocenters. The standard InChI is InChI=1S/C21H22N4O5S/c1-29-16-6-4-14(12-17(16)30-2)22-19(26)13-3-5-15-18(11-13)31-20(23-15)24-7-9-25(10-8-24)21(27)28/h3-6,11-12H,7-10H2,1-2H3,(H,22,26)(H,27,28). The van der Waals surface area contributed by atoms with Crippen molar-refractivity contribution in [3.8, 4) is 11.5 Å². The molecule has 0 radical (unpaired) electrons. The van der Waals surface area contributed by atoms with Crippen LogP contribution in [0.15, 0.2) is 36.4 Å². The number of carbonyl (C=O) groups excluding carboxylic acids is 1. The predicted octanol–water partition coefficient (Wildman–Crippen LogP) is 3.37. The fraction of sp³-hybridized carbons (Fsp3) is 0.286. The van der Waals surface area contributed by atoms with Gasteiger partial charge in [-0.2, -0.15) is 0 Å². The Morgan fingerprint density at radius 2 is 1.77 bits per heavy atom. The Morgan fingerprint density at radius 3 is 2.45 bits per heavy atom. The number of amides is 2. The number of hydrogen-bond donors (Lipinski definition) is 2. The lowest BCUT2D eigenvalue weighted by atomic mass is 10.2. The van der Waals surface area contributed by atoms with Crippen LogP contribution >= 0.6 is 11.3 Å². The largest absolute Gasteiger partial charge is 0.493 e. The second-order valence-corrected chi connectivity index (χ2v) is 7.97. The molecule has 31 heavy (non-hydrogen) atoms. The molecule has 10 heteroatoms. The molecule has 2 aromatic carbocycles. The van der Waals surface area contributed by atoms with Gasteiger partial charge in [0, 0.05) is 43.5 Å². The van der Waals surface area contributed by atoms with Crippen molar-refractivity contribution in [2.45, 2.75) is 0 Å². The molecule has 1 aliphatic rings. The number of anilines is 2. The van der Waals surface area contributed by atoms with Gasteiger partial charge in [0.15, 0.2) is 16.6 Å². The van der Waals surface area contributed by atoms with E-state index in [1.807, 2.05) is 12.1 Å². The topological polar surface area (TPSA) is 104 Å². The second kappa shape index (κ2) is 8.68. The normalized spacial score (nSPS) is 13.9. The van der Waals surface area contributed by atoms with Crippen molar-refractivity contribution in [1.29, 1.82) is 0 Å². The molecule has 1 aromatic heterocycles. The third kappa shape index (κ3) is 4.33. The quantitative estimate of drug-likeness (QED) is 0.624. The molecule has 0 bridgehead atoms. The molecule has 4 rings (SSSR count). The van der Waals surface area contributed by atoms with Gasteiger partial charge >= 0.3 is 6.09 Å². The minimum atomic E-state index is -0.894. The Balaban J connectivity index is 1.49. The summed E-state index contributed by atoms with van der Waals surface area (Å²) in [6.07, 6.45) is -0.894. The van der Waals surface area contributed by atoms with Crippen LogP contribution in [0.4, 0.5) is 15.6 Å². The summed E-state index contributed by atoms with van der Waals surface area (Å²) in [5.74, 6) is 0.883. The smallest absolute Gasteiger partial charge is 0.407 e. The van der Waals surface area contributed by atoms with Crippen molar-refractivity contribution < 1.29 is 24.2 Å². The number of carbonyl (C=O) groups is 2. The molecule has 1 fully saturated rings. The van der Waals surface area contributed by atoms with Gasteiger partial charge < -0.3 is 29.7 Å². The molecular formula is C21H22N4O5S. The van der Waals surface area contributed by atoms with Crippen molar-refractivity contribution in [2.75, 3.05) is 50.6 Å². The number of hydrogen-bond acceptors (Lipinski definition) is 7. The zero-order valence-corrected chi connectivity index (χ0v) is 17.9. The van der Waals surface area contributed by atoms with E-state index in [2.05, 4.69) is 15.2 Å². The summed E-state index contributed by atoms with van der Waals surface area (Å²) in [6, 6.07) is 10.6. The number of nitrogens with zero attached hydrogens (tertiary/aromatic N) is 3. The minimum Gasteiger partial charge on any atom is -0.493 e. The maximum Gasteiger partial charge on any atom is 0.407 e. The molecule has 3 aromatic rings. The van der Waals surface area contributed by atoms with Crippen LogP contribution < -0.4 is 19.7 Å². The summed E-state index contributed by atoms with van der Waals surface area (Å²) in [4.78, 5) is 32.0. The van der Waals surface area contributed by atoms with Crippen molar-refractivity contribution in [1.82, 2.24) is 9.88 Å². The van der Waals surface area contributed by atoms with Gasteiger partial charge in [-0.05, 0) is 30.3 Å². The first-order valence-electron chi connectivity index (χ1n) is 9.65. The highest BCUT2D eigenvalue weighted by molar-refractivity contribution is 7.22.